The van der Waals surface area contributed by atoms with E-state index in [1.807, 2.05) is 5.43 Å². The molecular weight excluding hydrogens is 337 g/mol. The van der Waals surface area contributed by atoms with Crippen LogP contribution in [0, 0.1) is 0 Å². The highest BCUT2D eigenvalue weighted by molar-refractivity contribution is 6.42. The molecule has 0 radical (unpaired) electrons. The van der Waals surface area contributed by atoms with E-state index >= 15 is 0 Å². The Morgan fingerprint density at radius 3 is 2.30 bits per heavy atom. The first kappa shape index (κ1) is 17.0. The number of benzene rings is 2. The fraction of sp³-hybridized carbons (Fsp3) is 0. The van der Waals surface area contributed by atoms with Crippen molar-refractivity contribution in [3.05, 3.63) is 75.4 Å². The molecule has 5 nitrogen and oxygen atoms in total. The Balaban J connectivity index is 2.30. The number of carbonyl (C=O) groups excluding carboxylic acids is 2. The molecule has 23 heavy (non-hydrogen) atoms. The van der Waals surface area contributed by atoms with E-state index < -0.39 is 11.8 Å². The molecule has 0 aliphatic rings. The van der Waals surface area contributed by atoms with E-state index in [0.717, 1.165) is 0 Å². The SMILES string of the molecule is NNC(=O)/C(=C\c1ccc(Cl)c(Cl)c1)NC(=O)c1ccccc1. The van der Waals surface area contributed by atoms with Crippen LogP contribution >= 0.6 is 23.2 Å². The second-order valence-electron chi connectivity index (χ2n) is 4.53. The maximum absolute atomic E-state index is 12.2. The lowest BCUT2D eigenvalue weighted by Gasteiger charge is -2.09. The molecule has 0 atom stereocenters. The number of amides is 2. The van der Waals surface area contributed by atoms with Gasteiger partial charge in [0.25, 0.3) is 11.8 Å². The van der Waals surface area contributed by atoms with E-state index in [2.05, 4.69) is 5.32 Å². The number of nitrogens with one attached hydrogen (secondary N) is 2. The van der Waals surface area contributed by atoms with E-state index in [4.69, 9.17) is 29.0 Å². The summed E-state index contributed by atoms with van der Waals surface area (Å²) in [6.45, 7) is 0. The van der Waals surface area contributed by atoms with Gasteiger partial charge < -0.3 is 5.32 Å². The van der Waals surface area contributed by atoms with Gasteiger partial charge in [0.1, 0.15) is 5.70 Å². The van der Waals surface area contributed by atoms with Crippen LogP contribution in [0.15, 0.2) is 54.2 Å². The number of carbonyl (C=O) groups is 2. The lowest BCUT2D eigenvalue weighted by molar-refractivity contribution is -0.117. The Bertz CT molecular complexity index is 761. The van der Waals surface area contributed by atoms with Gasteiger partial charge in [0.2, 0.25) is 0 Å². The zero-order chi connectivity index (χ0) is 16.8. The van der Waals surface area contributed by atoms with E-state index in [1.165, 1.54) is 6.08 Å². The van der Waals surface area contributed by atoms with Crippen molar-refractivity contribution in [3.8, 4) is 0 Å². The molecule has 2 aromatic carbocycles. The minimum atomic E-state index is -0.639. The van der Waals surface area contributed by atoms with Gasteiger partial charge in [-0.05, 0) is 35.9 Å². The standard InChI is InChI=1S/C16H13Cl2N3O2/c17-12-7-6-10(8-13(12)18)9-14(16(23)21-19)20-15(22)11-4-2-1-3-5-11/h1-9H,19H2,(H,20,22)(H,21,23)/b14-9+. The third-order valence-corrected chi connectivity index (χ3v) is 3.65. The summed E-state index contributed by atoms with van der Waals surface area (Å²) < 4.78 is 0. The van der Waals surface area contributed by atoms with Crippen LogP contribution in [-0.2, 0) is 4.79 Å². The van der Waals surface area contributed by atoms with Crippen LogP contribution in [0.3, 0.4) is 0 Å². The van der Waals surface area contributed by atoms with Crippen molar-refractivity contribution in [2.75, 3.05) is 0 Å². The van der Waals surface area contributed by atoms with Gasteiger partial charge in [0.15, 0.2) is 0 Å². The van der Waals surface area contributed by atoms with E-state index in [-0.39, 0.29) is 5.70 Å². The first-order chi connectivity index (χ1) is 11.0. The zero-order valence-corrected chi connectivity index (χ0v) is 13.4. The first-order valence-electron chi connectivity index (χ1n) is 6.55. The van der Waals surface area contributed by atoms with E-state index in [1.54, 1.807) is 48.5 Å². The number of hydrogen-bond donors (Lipinski definition) is 3. The van der Waals surface area contributed by atoms with Crippen LogP contribution in [0.2, 0.25) is 10.0 Å². The maximum Gasteiger partial charge on any atom is 0.281 e. The van der Waals surface area contributed by atoms with Crippen LogP contribution in [0.25, 0.3) is 6.08 Å². The first-order valence-corrected chi connectivity index (χ1v) is 7.31. The highest BCUT2D eigenvalue weighted by atomic mass is 35.5. The number of hydrazine groups is 1. The second-order valence-corrected chi connectivity index (χ2v) is 5.34. The summed E-state index contributed by atoms with van der Waals surface area (Å²) in [7, 11) is 0. The van der Waals surface area contributed by atoms with Gasteiger partial charge >= 0.3 is 0 Å². The third-order valence-electron chi connectivity index (χ3n) is 2.91. The Hall–Kier alpha value is -2.34. The molecule has 0 aliphatic carbocycles. The van der Waals surface area contributed by atoms with Gasteiger partial charge in [-0.15, -0.1) is 0 Å². The highest BCUT2D eigenvalue weighted by Crippen LogP contribution is 2.23. The fourth-order valence-corrected chi connectivity index (χ4v) is 2.10. The Morgan fingerprint density at radius 2 is 1.70 bits per heavy atom. The van der Waals surface area contributed by atoms with Crippen molar-refractivity contribution < 1.29 is 9.59 Å². The molecule has 2 aromatic rings. The molecule has 0 fully saturated rings. The number of rotatable bonds is 4. The van der Waals surface area contributed by atoms with Crippen molar-refractivity contribution in [3.63, 3.8) is 0 Å². The number of nitrogens with two attached hydrogens (primary N) is 1. The predicted octanol–water partition coefficient (Wildman–Crippen LogP) is 2.75. The molecule has 4 N–H and O–H groups in total. The normalized spacial score (nSPS) is 11.0. The monoisotopic (exact) mass is 349 g/mol. The predicted molar refractivity (Wildman–Crippen MR) is 90.7 cm³/mol. The smallest absolute Gasteiger partial charge is 0.281 e. The second kappa shape index (κ2) is 7.78. The largest absolute Gasteiger partial charge is 0.317 e. The lowest BCUT2D eigenvalue weighted by Crippen LogP contribution is -2.38. The molecule has 2 amide bonds. The summed E-state index contributed by atoms with van der Waals surface area (Å²) in [5, 5.41) is 3.25. The lowest BCUT2D eigenvalue weighted by atomic mass is 10.1. The van der Waals surface area contributed by atoms with Crippen molar-refractivity contribution in [2.45, 2.75) is 0 Å². The molecule has 0 unspecified atom stereocenters. The molecule has 2 rings (SSSR count). The maximum atomic E-state index is 12.2. The van der Waals surface area contributed by atoms with Gasteiger partial charge in [0, 0.05) is 5.56 Å². The minimum Gasteiger partial charge on any atom is -0.317 e. The van der Waals surface area contributed by atoms with Gasteiger partial charge in [-0.1, -0.05) is 47.5 Å². The fourth-order valence-electron chi connectivity index (χ4n) is 1.79. The molecular formula is C16H13Cl2N3O2. The van der Waals surface area contributed by atoms with E-state index in [9.17, 15) is 9.59 Å². The summed E-state index contributed by atoms with van der Waals surface area (Å²) in [5.74, 6) is 4.09. The third kappa shape index (κ3) is 4.56. The van der Waals surface area contributed by atoms with Crippen molar-refractivity contribution in [1.29, 1.82) is 0 Å². The van der Waals surface area contributed by atoms with Gasteiger partial charge in [0.05, 0.1) is 10.0 Å². The molecule has 118 valence electrons. The summed E-state index contributed by atoms with van der Waals surface area (Å²) in [6, 6.07) is 13.3. The van der Waals surface area contributed by atoms with Crippen molar-refractivity contribution in [1.82, 2.24) is 10.7 Å². The molecule has 0 bridgehead atoms. The Labute approximate surface area is 143 Å². The van der Waals surface area contributed by atoms with Crippen molar-refractivity contribution in [2.24, 2.45) is 5.84 Å². The van der Waals surface area contributed by atoms with Crippen LogP contribution in [-0.4, -0.2) is 11.8 Å². The molecule has 0 aromatic heterocycles. The van der Waals surface area contributed by atoms with Gasteiger partial charge in [-0.25, -0.2) is 5.84 Å². The summed E-state index contributed by atoms with van der Waals surface area (Å²) in [6.07, 6.45) is 1.45. The molecule has 0 saturated carbocycles. The highest BCUT2D eigenvalue weighted by Gasteiger charge is 2.13. The van der Waals surface area contributed by atoms with Gasteiger partial charge in [-0.2, -0.15) is 0 Å². The summed E-state index contributed by atoms with van der Waals surface area (Å²) in [5.41, 5.74) is 2.98. The molecule has 0 saturated heterocycles. The molecule has 0 spiro atoms. The van der Waals surface area contributed by atoms with Crippen molar-refractivity contribution >= 4 is 41.1 Å². The average Bonchev–Trinajstić information content (AvgIpc) is 2.57. The Morgan fingerprint density at radius 1 is 1.00 bits per heavy atom. The number of hydrogen-bond acceptors (Lipinski definition) is 3. The van der Waals surface area contributed by atoms with Crippen LogP contribution in [0.5, 0.6) is 0 Å². The van der Waals surface area contributed by atoms with Crippen LogP contribution in [0.1, 0.15) is 15.9 Å². The summed E-state index contributed by atoms with van der Waals surface area (Å²) >= 11 is 11.8. The zero-order valence-electron chi connectivity index (χ0n) is 11.8. The topological polar surface area (TPSA) is 84.2 Å². The Kier molecular flexibility index (Phi) is 5.76. The molecule has 0 aliphatic heterocycles. The molecule has 7 heteroatoms. The summed E-state index contributed by atoms with van der Waals surface area (Å²) in [4.78, 5) is 24.0. The van der Waals surface area contributed by atoms with Crippen LogP contribution in [0.4, 0.5) is 0 Å². The number of halogens is 2. The van der Waals surface area contributed by atoms with Gasteiger partial charge in [-0.3, -0.25) is 15.0 Å². The minimum absolute atomic E-state index is 0.0141. The van der Waals surface area contributed by atoms with E-state index in [0.29, 0.717) is 21.2 Å². The average molecular weight is 350 g/mol. The quantitative estimate of drug-likeness (QED) is 0.343. The molecule has 0 heterocycles. The van der Waals surface area contributed by atoms with Crippen LogP contribution < -0.4 is 16.6 Å².